The van der Waals surface area contributed by atoms with E-state index in [0.29, 0.717) is 6.42 Å². The molecular weight excluding hydrogens is 276 g/mol. The summed E-state index contributed by atoms with van der Waals surface area (Å²) in [6.07, 6.45) is 2.22. The Hall–Kier alpha value is -0.480. The number of hydrogen-bond acceptors (Lipinski definition) is 2. The molecule has 1 saturated carbocycles. The van der Waals surface area contributed by atoms with Gasteiger partial charge in [-0.15, -0.1) is 0 Å². The van der Waals surface area contributed by atoms with E-state index in [-0.39, 0.29) is 11.0 Å². The Labute approximate surface area is 99.7 Å². The zero-order chi connectivity index (χ0) is 10.8. The maximum Gasteiger partial charge on any atom is 0.148 e. The summed E-state index contributed by atoms with van der Waals surface area (Å²) in [5, 5.41) is -0.288. The second-order valence-electron chi connectivity index (χ2n) is 3.58. The highest BCUT2D eigenvalue weighted by Gasteiger charge is 2.31. The topological polar surface area (TPSA) is 34.1 Å². The summed E-state index contributed by atoms with van der Waals surface area (Å²) < 4.78 is 13.0. The van der Waals surface area contributed by atoms with E-state index in [1.807, 2.05) is 24.3 Å². The van der Waals surface area contributed by atoms with Crippen molar-refractivity contribution < 1.29 is 9.00 Å². The van der Waals surface area contributed by atoms with Gasteiger partial charge in [-0.3, -0.25) is 9.00 Å². The molecule has 15 heavy (non-hydrogen) atoms. The predicted molar refractivity (Wildman–Crippen MR) is 63.2 cm³/mol. The zero-order valence-corrected chi connectivity index (χ0v) is 10.5. The molecule has 1 aliphatic carbocycles. The second kappa shape index (κ2) is 4.58. The molecule has 0 spiro atoms. The van der Waals surface area contributed by atoms with Gasteiger partial charge in [0.1, 0.15) is 5.78 Å². The highest BCUT2D eigenvalue weighted by atomic mass is 79.9. The number of halogens is 1. The molecule has 2 atom stereocenters. The van der Waals surface area contributed by atoms with Gasteiger partial charge in [-0.1, -0.05) is 12.1 Å². The van der Waals surface area contributed by atoms with Gasteiger partial charge in [0.2, 0.25) is 0 Å². The molecule has 0 amide bonds. The molecule has 0 aromatic heterocycles. The second-order valence-corrected chi connectivity index (χ2v) is 6.03. The molecule has 2 unspecified atom stereocenters. The van der Waals surface area contributed by atoms with Gasteiger partial charge in [0.25, 0.3) is 0 Å². The minimum atomic E-state index is -1.20. The van der Waals surface area contributed by atoms with E-state index in [4.69, 9.17) is 0 Å². The summed E-state index contributed by atoms with van der Waals surface area (Å²) in [6.45, 7) is 0. The van der Waals surface area contributed by atoms with E-state index in [1.165, 1.54) is 0 Å². The van der Waals surface area contributed by atoms with Crippen molar-refractivity contribution in [3.63, 3.8) is 0 Å². The van der Waals surface area contributed by atoms with Crippen LogP contribution in [0.15, 0.2) is 33.6 Å². The summed E-state index contributed by atoms with van der Waals surface area (Å²) in [4.78, 5) is 12.2. The Morgan fingerprint density at radius 1 is 1.33 bits per heavy atom. The molecule has 1 aromatic rings. The summed E-state index contributed by atoms with van der Waals surface area (Å²) in [6, 6.07) is 7.39. The lowest BCUT2D eigenvalue weighted by Crippen LogP contribution is -2.20. The Balaban J connectivity index is 2.28. The normalized spacial score (nSPS) is 23.0. The van der Waals surface area contributed by atoms with Crippen LogP contribution in [0.5, 0.6) is 0 Å². The molecule has 1 fully saturated rings. The average Bonchev–Trinajstić information content (AvgIpc) is 2.64. The Bertz CT molecular complexity index is 417. The van der Waals surface area contributed by atoms with E-state index in [0.717, 1.165) is 22.2 Å². The SMILES string of the molecule is O=C1CCCC1S(=O)c1ccccc1Br. The van der Waals surface area contributed by atoms with Crippen LogP contribution in [0.4, 0.5) is 0 Å². The maximum atomic E-state index is 12.1. The number of carbonyl (C=O) groups is 1. The number of hydrogen-bond donors (Lipinski definition) is 0. The largest absolute Gasteiger partial charge is 0.298 e. The fourth-order valence-electron chi connectivity index (χ4n) is 1.77. The van der Waals surface area contributed by atoms with Crippen LogP contribution < -0.4 is 0 Å². The van der Waals surface area contributed by atoms with E-state index in [1.54, 1.807) is 0 Å². The van der Waals surface area contributed by atoms with Gasteiger partial charge >= 0.3 is 0 Å². The lowest BCUT2D eigenvalue weighted by Gasteiger charge is -2.09. The fourth-order valence-corrected chi connectivity index (χ4v) is 4.05. The third kappa shape index (κ3) is 2.21. The van der Waals surface area contributed by atoms with Crippen LogP contribution in [-0.2, 0) is 15.6 Å². The van der Waals surface area contributed by atoms with Crippen LogP contribution in [0.1, 0.15) is 19.3 Å². The van der Waals surface area contributed by atoms with Crippen molar-refractivity contribution in [2.75, 3.05) is 0 Å². The molecule has 0 bridgehead atoms. The average molecular weight is 287 g/mol. The molecule has 0 heterocycles. The van der Waals surface area contributed by atoms with Crippen molar-refractivity contribution in [3.8, 4) is 0 Å². The number of benzene rings is 1. The van der Waals surface area contributed by atoms with Crippen molar-refractivity contribution in [3.05, 3.63) is 28.7 Å². The van der Waals surface area contributed by atoms with Crippen LogP contribution >= 0.6 is 15.9 Å². The van der Waals surface area contributed by atoms with Gasteiger partial charge in [-0.2, -0.15) is 0 Å². The van der Waals surface area contributed by atoms with Crippen LogP contribution in [0, 0.1) is 0 Å². The highest BCUT2D eigenvalue weighted by Crippen LogP contribution is 2.28. The molecule has 0 N–H and O–H groups in total. The van der Waals surface area contributed by atoms with Gasteiger partial charge in [0.15, 0.2) is 0 Å². The Kier molecular flexibility index (Phi) is 3.36. The third-order valence-corrected chi connectivity index (χ3v) is 5.32. The summed E-state index contributed by atoms with van der Waals surface area (Å²) >= 11 is 3.36. The molecule has 80 valence electrons. The molecule has 4 heteroatoms. The van der Waals surface area contributed by atoms with Crippen molar-refractivity contribution >= 4 is 32.5 Å². The van der Waals surface area contributed by atoms with Crippen LogP contribution in [0.25, 0.3) is 0 Å². The van der Waals surface area contributed by atoms with Crippen LogP contribution in [0.3, 0.4) is 0 Å². The summed E-state index contributed by atoms with van der Waals surface area (Å²) in [5.41, 5.74) is 0. The van der Waals surface area contributed by atoms with E-state index in [2.05, 4.69) is 15.9 Å². The lowest BCUT2D eigenvalue weighted by molar-refractivity contribution is -0.117. The van der Waals surface area contributed by atoms with Crippen molar-refractivity contribution in [1.82, 2.24) is 0 Å². The molecule has 0 radical (unpaired) electrons. The number of carbonyl (C=O) groups excluding carboxylic acids is 1. The van der Waals surface area contributed by atoms with Gasteiger partial charge in [0.05, 0.1) is 20.9 Å². The first kappa shape index (κ1) is 11.0. The van der Waals surface area contributed by atoms with Gasteiger partial charge < -0.3 is 0 Å². The first-order chi connectivity index (χ1) is 7.20. The quantitative estimate of drug-likeness (QED) is 0.838. The maximum absolute atomic E-state index is 12.1. The molecule has 1 aliphatic rings. The summed E-state index contributed by atoms with van der Waals surface area (Å²) in [5.74, 6) is 0.143. The highest BCUT2D eigenvalue weighted by molar-refractivity contribution is 9.10. The molecule has 0 aliphatic heterocycles. The first-order valence-corrected chi connectivity index (χ1v) is 6.88. The van der Waals surface area contributed by atoms with E-state index < -0.39 is 10.8 Å². The third-order valence-electron chi connectivity index (χ3n) is 2.56. The summed E-state index contributed by atoms with van der Waals surface area (Å²) in [7, 11) is -1.20. The fraction of sp³-hybridized carbons (Fsp3) is 0.364. The Morgan fingerprint density at radius 3 is 2.67 bits per heavy atom. The van der Waals surface area contributed by atoms with Crippen LogP contribution in [0.2, 0.25) is 0 Å². The van der Waals surface area contributed by atoms with Crippen molar-refractivity contribution in [2.45, 2.75) is 29.4 Å². The standard InChI is InChI=1S/C11H11BrO2S/c12-8-4-1-2-6-10(8)15(14)11-7-3-5-9(11)13/h1-2,4,6,11H,3,5,7H2. The van der Waals surface area contributed by atoms with Crippen LogP contribution in [-0.4, -0.2) is 15.2 Å². The molecule has 2 nitrogen and oxygen atoms in total. The molecular formula is C11H11BrO2S. The van der Waals surface area contributed by atoms with Gasteiger partial charge in [-0.05, 0) is 40.9 Å². The number of ketones is 1. The lowest BCUT2D eigenvalue weighted by atomic mass is 10.3. The molecule has 1 aromatic carbocycles. The van der Waals surface area contributed by atoms with Gasteiger partial charge in [-0.25, -0.2) is 0 Å². The molecule has 0 saturated heterocycles. The van der Waals surface area contributed by atoms with Gasteiger partial charge in [0, 0.05) is 10.9 Å². The van der Waals surface area contributed by atoms with E-state index in [9.17, 15) is 9.00 Å². The van der Waals surface area contributed by atoms with Crippen molar-refractivity contribution in [2.24, 2.45) is 0 Å². The number of Topliss-reactive ketones (excluding diaryl/α,β-unsaturated/α-hetero) is 1. The molecule has 2 rings (SSSR count). The minimum absolute atomic E-state index is 0.143. The first-order valence-electron chi connectivity index (χ1n) is 4.88. The minimum Gasteiger partial charge on any atom is -0.298 e. The predicted octanol–water partition coefficient (Wildman–Crippen LogP) is 2.68. The van der Waals surface area contributed by atoms with E-state index >= 15 is 0 Å². The Morgan fingerprint density at radius 2 is 2.07 bits per heavy atom. The smallest absolute Gasteiger partial charge is 0.148 e. The zero-order valence-electron chi connectivity index (χ0n) is 8.11. The number of rotatable bonds is 2. The van der Waals surface area contributed by atoms with Crippen molar-refractivity contribution in [1.29, 1.82) is 0 Å². The monoisotopic (exact) mass is 286 g/mol.